The lowest BCUT2D eigenvalue weighted by molar-refractivity contribution is -0.129. The summed E-state index contributed by atoms with van der Waals surface area (Å²) in [7, 11) is 0. The fourth-order valence-electron chi connectivity index (χ4n) is 4.02. The molecule has 0 saturated carbocycles. The number of benzene rings is 2. The minimum Gasteiger partial charge on any atom is -0.484 e. The van der Waals surface area contributed by atoms with Gasteiger partial charge in [-0.3, -0.25) is 14.4 Å². The van der Waals surface area contributed by atoms with Crippen molar-refractivity contribution in [3.63, 3.8) is 0 Å². The van der Waals surface area contributed by atoms with Gasteiger partial charge in [-0.1, -0.05) is 24.3 Å². The highest BCUT2D eigenvalue weighted by molar-refractivity contribution is 8.00. The van der Waals surface area contributed by atoms with Crippen molar-refractivity contribution >= 4 is 57.5 Å². The van der Waals surface area contributed by atoms with Gasteiger partial charge in [0.15, 0.2) is 6.61 Å². The maximum absolute atomic E-state index is 12.9. The average Bonchev–Trinajstić information content (AvgIpc) is 3.28. The quantitative estimate of drug-likeness (QED) is 0.272. The van der Waals surface area contributed by atoms with Crippen molar-refractivity contribution in [2.24, 2.45) is 0 Å². The number of carbonyl (C=O) groups excluding carboxylic acids is 4. The molecule has 9 nitrogen and oxygen atoms in total. The third kappa shape index (κ3) is 7.61. The van der Waals surface area contributed by atoms with Gasteiger partial charge in [0.1, 0.15) is 10.8 Å². The van der Waals surface area contributed by atoms with Crippen molar-refractivity contribution in [2.45, 2.75) is 31.7 Å². The first-order valence-electron chi connectivity index (χ1n) is 12.4. The number of carbonyl (C=O) groups is 4. The van der Waals surface area contributed by atoms with Gasteiger partial charge in [0.25, 0.3) is 5.91 Å². The number of esters is 1. The number of thiophene rings is 1. The fourth-order valence-corrected chi connectivity index (χ4v) is 6.04. The molecule has 1 aliphatic rings. The van der Waals surface area contributed by atoms with Crippen LogP contribution in [0.5, 0.6) is 5.75 Å². The minimum absolute atomic E-state index is 0.0316. The second-order valence-corrected chi connectivity index (χ2v) is 10.8. The number of thioether (sulfide) groups is 1. The number of hydrogen-bond acceptors (Lipinski definition) is 8. The highest BCUT2D eigenvalue weighted by Gasteiger charge is 2.30. The summed E-state index contributed by atoms with van der Waals surface area (Å²) in [6.07, 6.45) is 0.527. The summed E-state index contributed by atoms with van der Waals surface area (Å²) in [5.41, 5.74) is 1.80. The SMILES string of the molecule is CCOC(=O)c1c(NC(=O)CSc2cccc(NC(=O)COc3ccccc3)c2)sc2c1CCN(C(C)=O)C2. The van der Waals surface area contributed by atoms with E-state index >= 15 is 0 Å². The molecule has 2 heterocycles. The monoisotopic (exact) mass is 567 g/mol. The standard InChI is InChI=1S/C28H29N3O6S2/c1-3-36-28(35)26-22-12-13-31(18(2)32)15-23(22)39-27(26)30-25(34)17-38-21-11-7-8-19(14-21)29-24(33)16-37-20-9-5-4-6-10-20/h4-11,14H,3,12-13,15-17H2,1-2H3,(H,29,33)(H,30,34). The predicted molar refractivity (Wildman–Crippen MR) is 151 cm³/mol. The lowest BCUT2D eigenvalue weighted by atomic mass is 10.0. The molecule has 0 bridgehead atoms. The summed E-state index contributed by atoms with van der Waals surface area (Å²) < 4.78 is 10.7. The Kier molecular flexibility index (Phi) is 9.61. The van der Waals surface area contributed by atoms with Crippen LogP contribution in [0.1, 0.15) is 34.6 Å². The minimum atomic E-state index is -0.478. The molecular weight excluding hydrogens is 538 g/mol. The van der Waals surface area contributed by atoms with Gasteiger partial charge in [-0.15, -0.1) is 23.1 Å². The van der Waals surface area contributed by atoms with Crippen LogP contribution in [0.15, 0.2) is 59.5 Å². The van der Waals surface area contributed by atoms with E-state index in [0.29, 0.717) is 41.5 Å². The van der Waals surface area contributed by atoms with Crippen LogP contribution in [-0.4, -0.2) is 54.1 Å². The third-order valence-corrected chi connectivity index (χ3v) is 7.96. The normalized spacial score (nSPS) is 12.3. The van der Waals surface area contributed by atoms with E-state index in [2.05, 4.69) is 10.6 Å². The summed E-state index contributed by atoms with van der Waals surface area (Å²) in [5.74, 6) is -0.381. The number of nitrogens with zero attached hydrogens (tertiary/aromatic N) is 1. The highest BCUT2D eigenvalue weighted by Crippen LogP contribution is 2.38. The maximum Gasteiger partial charge on any atom is 0.341 e. The zero-order valence-electron chi connectivity index (χ0n) is 21.7. The van der Waals surface area contributed by atoms with Crippen LogP contribution in [0.2, 0.25) is 0 Å². The number of hydrogen-bond donors (Lipinski definition) is 2. The first kappa shape index (κ1) is 28.2. The van der Waals surface area contributed by atoms with Gasteiger partial charge in [-0.05, 0) is 49.2 Å². The third-order valence-electron chi connectivity index (χ3n) is 5.84. The molecule has 1 aliphatic heterocycles. The van der Waals surface area contributed by atoms with Gasteiger partial charge >= 0.3 is 5.97 Å². The molecule has 39 heavy (non-hydrogen) atoms. The lowest BCUT2D eigenvalue weighted by Crippen LogP contribution is -2.34. The van der Waals surface area contributed by atoms with Crippen molar-refractivity contribution < 1.29 is 28.7 Å². The zero-order chi connectivity index (χ0) is 27.8. The Balaban J connectivity index is 1.36. The molecule has 0 spiro atoms. The zero-order valence-corrected chi connectivity index (χ0v) is 23.3. The molecule has 0 unspecified atom stereocenters. The van der Waals surface area contributed by atoms with E-state index in [-0.39, 0.29) is 36.7 Å². The molecule has 0 aliphatic carbocycles. The van der Waals surface area contributed by atoms with Crippen molar-refractivity contribution in [3.05, 3.63) is 70.6 Å². The smallest absolute Gasteiger partial charge is 0.341 e. The topological polar surface area (TPSA) is 114 Å². The van der Waals surface area contributed by atoms with Crippen LogP contribution in [0, 0.1) is 0 Å². The molecule has 11 heteroatoms. The first-order chi connectivity index (χ1) is 18.8. The summed E-state index contributed by atoms with van der Waals surface area (Å²) in [5, 5.41) is 6.10. The van der Waals surface area contributed by atoms with Crippen LogP contribution >= 0.6 is 23.1 Å². The van der Waals surface area contributed by atoms with Crippen LogP contribution in [0.3, 0.4) is 0 Å². The van der Waals surface area contributed by atoms with E-state index < -0.39 is 5.97 Å². The summed E-state index contributed by atoms with van der Waals surface area (Å²) >= 11 is 2.61. The molecule has 4 rings (SSSR count). The van der Waals surface area contributed by atoms with Gasteiger partial charge in [0.2, 0.25) is 11.8 Å². The summed E-state index contributed by atoms with van der Waals surface area (Å²) in [4.78, 5) is 53.1. The van der Waals surface area contributed by atoms with Crippen molar-refractivity contribution in [1.82, 2.24) is 4.90 Å². The lowest BCUT2D eigenvalue weighted by Gasteiger charge is -2.25. The molecule has 1 aromatic heterocycles. The molecule has 0 fully saturated rings. The van der Waals surface area contributed by atoms with E-state index in [1.165, 1.54) is 30.0 Å². The number of anilines is 2. The largest absolute Gasteiger partial charge is 0.484 e. The van der Waals surface area contributed by atoms with Crippen molar-refractivity contribution in [1.29, 1.82) is 0 Å². The summed E-state index contributed by atoms with van der Waals surface area (Å²) in [6, 6.07) is 16.3. The Hall–Kier alpha value is -3.83. The molecule has 2 N–H and O–H groups in total. The molecule has 0 radical (unpaired) electrons. The Morgan fingerprint density at radius 1 is 1.03 bits per heavy atom. The fraction of sp³-hybridized carbons (Fsp3) is 0.286. The number of fused-ring (bicyclic) bond motifs is 1. The van der Waals surface area contributed by atoms with Crippen LogP contribution in [0.25, 0.3) is 0 Å². The number of para-hydroxylation sites is 1. The van der Waals surface area contributed by atoms with Crippen molar-refractivity contribution in [2.75, 3.05) is 36.1 Å². The highest BCUT2D eigenvalue weighted by atomic mass is 32.2. The number of amides is 3. The molecule has 2 aromatic carbocycles. The van der Waals surface area contributed by atoms with Gasteiger partial charge in [-0.2, -0.15) is 0 Å². The van der Waals surface area contributed by atoms with Crippen molar-refractivity contribution in [3.8, 4) is 5.75 Å². The van der Waals surface area contributed by atoms with Gasteiger partial charge < -0.3 is 25.0 Å². The molecule has 0 saturated heterocycles. The Morgan fingerprint density at radius 3 is 2.56 bits per heavy atom. The molecule has 3 amide bonds. The Labute approximate surface area is 234 Å². The molecular formula is C28H29N3O6S2. The molecule has 0 atom stereocenters. The van der Waals surface area contributed by atoms with E-state index in [4.69, 9.17) is 9.47 Å². The number of rotatable bonds is 10. The Bertz CT molecular complexity index is 1360. The molecule has 3 aromatic rings. The van der Waals surface area contributed by atoms with Crippen LogP contribution in [0.4, 0.5) is 10.7 Å². The van der Waals surface area contributed by atoms with E-state index in [1.54, 1.807) is 42.2 Å². The van der Waals surface area contributed by atoms with E-state index in [0.717, 1.165) is 15.3 Å². The molecule has 204 valence electrons. The number of nitrogens with one attached hydrogen (secondary N) is 2. The van der Waals surface area contributed by atoms with Gasteiger partial charge in [-0.25, -0.2) is 4.79 Å². The first-order valence-corrected chi connectivity index (χ1v) is 14.2. The average molecular weight is 568 g/mol. The second kappa shape index (κ2) is 13.3. The van der Waals surface area contributed by atoms with Gasteiger partial charge in [0.05, 0.1) is 24.5 Å². The second-order valence-electron chi connectivity index (χ2n) is 8.63. The van der Waals surface area contributed by atoms with E-state index in [1.807, 2.05) is 24.3 Å². The Morgan fingerprint density at radius 2 is 1.82 bits per heavy atom. The van der Waals surface area contributed by atoms with E-state index in [9.17, 15) is 19.2 Å². The maximum atomic E-state index is 12.9. The van der Waals surface area contributed by atoms with Gasteiger partial charge in [0, 0.05) is 28.9 Å². The van der Waals surface area contributed by atoms with Crippen LogP contribution in [-0.2, 0) is 32.1 Å². The van der Waals surface area contributed by atoms with Crippen LogP contribution < -0.4 is 15.4 Å². The number of ether oxygens (including phenoxy) is 2. The summed E-state index contributed by atoms with van der Waals surface area (Å²) in [6.45, 7) is 4.26. The predicted octanol–water partition coefficient (Wildman–Crippen LogP) is 4.58.